The Morgan fingerprint density at radius 1 is 1.30 bits per heavy atom. The normalized spacial score (nSPS) is 10.7. The second-order valence-corrected chi connectivity index (χ2v) is 6.16. The summed E-state index contributed by atoms with van der Waals surface area (Å²) in [5.74, 6) is -0.0518. The van der Waals surface area contributed by atoms with Gasteiger partial charge in [-0.15, -0.1) is 11.3 Å². The summed E-state index contributed by atoms with van der Waals surface area (Å²) in [5.41, 5.74) is 1.92. The molecule has 0 radical (unpaired) electrons. The molecule has 3 nitrogen and oxygen atoms in total. The first-order valence-electron chi connectivity index (χ1n) is 6.09. The van der Waals surface area contributed by atoms with E-state index in [1.54, 1.807) is 6.20 Å². The Morgan fingerprint density at radius 2 is 2.20 bits per heavy atom. The van der Waals surface area contributed by atoms with Crippen LogP contribution in [-0.2, 0) is 6.54 Å². The zero-order valence-electron chi connectivity index (χ0n) is 10.5. The van der Waals surface area contributed by atoms with Crippen molar-refractivity contribution in [2.75, 3.05) is 0 Å². The van der Waals surface area contributed by atoms with Crippen LogP contribution >= 0.6 is 27.3 Å². The van der Waals surface area contributed by atoms with Crippen LogP contribution in [0.3, 0.4) is 0 Å². The first-order valence-corrected chi connectivity index (χ1v) is 7.76. The van der Waals surface area contributed by atoms with Gasteiger partial charge in [-0.3, -0.25) is 9.78 Å². The van der Waals surface area contributed by atoms with E-state index in [4.69, 9.17) is 0 Å². The lowest BCUT2D eigenvalue weighted by Gasteiger charge is -2.08. The van der Waals surface area contributed by atoms with E-state index >= 15 is 0 Å². The predicted molar refractivity (Wildman–Crippen MR) is 84.9 cm³/mol. The van der Waals surface area contributed by atoms with Crippen LogP contribution in [-0.4, -0.2) is 10.9 Å². The van der Waals surface area contributed by atoms with Gasteiger partial charge in [0.2, 0.25) is 0 Å². The third-order valence-electron chi connectivity index (χ3n) is 2.93. The zero-order chi connectivity index (χ0) is 13.9. The van der Waals surface area contributed by atoms with Gasteiger partial charge in [0.25, 0.3) is 5.91 Å². The highest BCUT2D eigenvalue weighted by atomic mass is 79.9. The number of benzene rings is 1. The molecule has 0 spiro atoms. The zero-order valence-corrected chi connectivity index (χ0v) is 12.9. The Balaban J connectivity index is 1.86. The minimum absolute atomic E-state index is 0.0518. The van der Waals surface area contributed by atoms with Crippen molar-refractivity contribution in [2.24, 2.45) is 0 Å². The van der Waals surface area contributed by atoms with Gasteiger partial charge in [0.15, 0.2) is 0 Å². The van der Waals surface area contributed by atoms with Gasteiger partial charge in [0, 0.05) is 22.6 Å². The number of nitrogens with one attached hydrogen (secondary N) is 1. The van der Waals surface area contributed by atoms with Crippen molar-refractivity contribution in [3.8, 4) is 0 Å². The molecule has 0 unspecified atom stereocenters. The fourth-order valence-electron chi connectivity index (χ4n) is 2.03. The molecule has 0 bridgehead atoms. The lowest BCUT2D eigenvalue weighted by molar-refractivity contribution is 0.0955. The maximum absolute atomic E-state index is 12.0. The van der Waals surface area contributed by atoms with Gasteiger partial charge in [-0.05, 0) is 35.2 Å². The molecule has 2 aromatic heterocycles. The number of pyridine rings is 1. The average Bonchev–Trinajstić information content (AvgIpc) is 2.98. The summed E-state index contributed by atoms with van der Waals surface area (Å²) in [4.78, 5) is 17.1. The van der Waals surface area contributed by atoms with Gasteiger partial charge in [0.1, 0.15) is 0 Å². The molecule has 0 atom stereocenters. The third-order valence-corrected chi connectivity index (χ3v) is 4.26. The summed E-state index contributed by atoms with van der Waals surface area (Å²) in [6.45, 7) is 0.462. The van der Waals surface area contributed by atoms with Crippen molar-refractivity contribution >= 4 is 44.1 Å². The highest BCUT2D eigenvalue weighted by molar-refractivity contribution is 9.10. The number of amides is 1. The third kappa shape index (κ3) is 2.73. The summed E-state index contributed by atoms with van der Waals surface area (Å²) in [6.07, 6.45) is 1.76. The Kier molecular flexibility index (Phi) is 3.80. The molecule has 0 aliphatic carbocycles. The number of hydrogen-bond acceptors (Lipinski definition) is 3. The molecule has 3 rings (SSSR count). The molecule has 0 saturated heterocycles. The summed E-state index contributed by atoms with van der Waals surface area (Å²) in [5, 5.41) is 5.88. The number of thiophene rings is 1. The SMILES string of the molecule is O=C(NCc1cc(Br)cc2cccnc12)c1cccs1. The van der Waals surface area contributed by atoms with E-state index in [9.17, 15) is 4.79 Å². The number of halogens is 1. The van der Waals surface area contributed by atoms with Gasteiger partial charge in [-0.2, -0.15) is 0 Å². The van der Waals surface area contributed by atoms with Crippen molar-refractivity contribution in [1.82, 2.24) is 10.3 Å². The van der Waals surface area contributed by atoms with Gasteiger partial charge in [-0.1, -0.05) is 28.1 Å². The number of carbonyl (C=O) groups excluding carboxylic acids is 1. The molecule has 5 heteroatoms. The van der Waals surface area contributed by atoms with Crippen LogP contribution in [0.1, 0.15) is 15.2 Å². The minimum atomic E-state index is -0.0518. The number of hydrogen-bond donors (Lipinski definition) is 1. The Morgan fingerprint density at radius 3 is 3.00 bits per heavy atom. The van der Waals surface area contributed by atoms with E-state index in [0.29, 0.717) is 6.54 Å². The summed E-state index contributed by atoms with van der Waals surface area (Å²) in [6, 6.07) is 11.6. The van der Waals surface area contributed by atoms with Crippen LogP contribution in [0, 0.1) is 0 Å². The second kappa shape index (κ2) is 5.73. The van der Waals surface area contributed by atoms with Crippen LogP contribution in [0.5, 0.6) is 0 Å². The molecule has 1 aromatic carbocycles. The standard InChI is InChI=1S/C15H11BrN2OS/c16-12-7-10-3-1-5-17-14(10)11(8-12)9-18-15(19)13-4-2-6-20-13/h1-8H,9H2,(H,18,19). The van der Waals surface area contributed by atoms with E-state index in [1.807, 2.05) is 41.8 Å². The number of aromatic nitrogens is 1. The Hall–Kier alpha value is -1.72. The fraction of sp³-hybridized carbons (Fsp3) is 0.0667. The molecule has 0 saturated carbocycles. The fourth-order valence-corrected chi connectivity index (χ4v) is 3.20. The molecule has 20 heavy (non-hydrogen) atoms. The topological polar surface area (TPSA) is 42.0 Å². The smallest absolute Gasteiger partial charge is 0.261 e. The van der Waals surface area contributed by atoms with Crippen molar-refractivity contribution in [3.63, 3.8) is 0 Å². The van der Waals surface area contributed by atoms with E-state index in [-0.39, 0.29) is 5.91 Å². The Bertz CT molecular complexity index is 756. The van der Waals surface area contributed by atoms with Crippen LogP contribution in [0.15, 0.2) is 52.4 Å². The highest BCUT2D eigenvalue weighted by Gasteiger charge is 2.08. The van der Waals surface area contributed by atoms with Gasteiger partial charge < -0.3 is 5.32 Å². The lowest BCUT2D eigenvalue weighted by Crippen LogP contribution is -2.22. The predicted octanol–water partition coefficient (Wildman–Crippen LogP) is 3.99. The van der Waals surface area contributed by atoms with Gasteiger partial charge >= 0.3 is 0 Å². The average molecular weight is 347 g/mol. The number of fused-ring (bicyclic) bond motifs is 1. The van der Waals surface area contributed by atoms with Crippen molar-refractivity contribution < 1.29 is 4.79 Å². The van der Waals surface area contributed by atoms with Crippen LogP contribution in [0.4, 0.5) is 0 Å². The first kappa shape index (κ1) is 13.3. The van der Waals surface area contributed by atoms with Gasteiger partial charge in [0.05, 0.1) is 10.4 Å². The lowest BCUT2D eigenvalue weighted by atomic mass is 10.1. The largest absolute Gasteiger partial charge is 0.347 e. The number of nitrogens with zero attached hydrogens (tertiary/aromatic N) is 1. The number of carbonyl (C=O) groups is 1. The molecule has 0 fully saturated rings. The maximum atomic E-state index is 12.0. The first-order chi connectivity index (χ1) is 9.74. The van der Waals surface area contributed by atoms with E-state index in [2.05, 4.69) is 26.2 Å². The summed E-state index contributed by atoms with van der Waals surface area (Å²) in [7, 11) is 0. The second-order valence-electron chi connectivity index (χ2n) is 4.30. The van der Waals surface area contributed by atoms with Crippen molar-refractivity contribution in [2.45, 2.75) is 6.54 Å². The van der Waals surface area contributed by atoms with Crippen LogP contribution in [0.2, 0.25) is 0 Å². The van der Waals surface area contributed by atoms with E-state index < -0.39 is 0 Å². The summed E-state index contributed by atoms with van der Waals surface area (Å²) >= 11 is 4.93. The molecule has 100 valence electrons. The molecular weight excluding hydrogens is 336 g/mol. The molecule has 0 aliphatic heterocycles. The minimum Gasteiger partial charge on any atom is -0.347 e. The monoisotopic (exact) mass is 346 g/mol. The van der Waals surface area contributed by atoms with Crippen molar-refractivity contribution in [1.29, 1.82) is 0 Å². The highest BCUT2D eigenvalue weighted by Crippen LogP contribution is 2.22. The molecule has 1 N–H and O–H groups in total. The maximum Gasteiger partial charge on any atom is 0.261 e. The Labute approximate surface area is 128 Å². The molecule has 3 aromatic rings. The molecule has 0 aliphatic rings. The van der Waals surface area contributed by atoms with Gasteiger partial charge in [-0.25, -0.2) is 0 Å². The van der Waals surface area contributed by atoms with E-state index in [1.165, 1.54) is 11.3 Å². The number of rotatable bonds is 3. The van der Waals surface area contributed by atoms with Crippen LogP contribution < -0.4 is 5.32 Å². The summed E-state index contributed by atoms with van der Waals surface area (Å²) < 4.78 is 0.985. The molecule has 2 heterocycles. The molecular formula is C15H11BrN2OS. The molecule has 1 amide bonds. The van der Waals surface area contributed by atoms with E-state index in [0.717, 1.165) is 25.8 Å². The quantitative estimate of drug-likeness (QED) is 0.778. The van der Waals surface area contributed by atoms with Crippen LogP contribution in [0.25, 0.3) is 10.9 Å². The van der Waals surface area contributed by atoms with Crippen molar-refractivity contribution in [3.05, 3.63) is 62.9 Å².